The molecule has 0 aromatic rings. The Labute approximate surface area is 208 Å². The van der Waals surface area contributed by atoms with E-state index in [1.807, 2.05) is 0 Å². The summed E-state index contributed by atoms with van der Waals surface area (Å²) < 4.78 is 84.3. The van der Waals surface area contributed by atoms with E-state index in [2.05, 4.69) is 16.0 Å². The van der Waals surface area contributed by atoms with Gasteiger partial charge in [0.1, 0.15) is 13.2 Å². The lowest BCUT2D eigenvalue weighted by Crippen LogP contribution is -2.43. The summed E-state index contributed by atoms with van der Waals surface area (Å²) >= 11 is 0. The van der Waals surface area contributed by atoms with Crippen LogP contribution in [0.2, 0.25) is 0 Å². The maximum absolute atomic E-state index is 12.2. The smallest absolute Gasteiger partial charge is 0.407 e. The van der Waals surface area contributed by atoms with E-state index in [1.54, 1.807) is 0 Å². The molecule has 15 nitrogen and oxygen atoms in total. The van der Waals surface area contributed by atoms with Gasteiger partial charge in [0.2, 0.25) is 0 Å². The lowest BCUT2D eigenvalue weighted by molar-refractivity contribution is 0.00586. The Balaban J connectivity index is 1.50. The molecule has 0 aliphatic carbocycles. The zero-order valence-corrected chi connectivity index (χ0v) is 21.7. The normalized spacial score (nSPS) is 28.5. The van der Waals surface area contributed by atoms with Gasteiger partial charge in [0.05, 0.1) is 34.5 Å². The molecule has 0 spiro atoms. The largest absolute Gasteiger partial charge is 0.445 e. The van der Waals surface area contributed by atoms with Crippen LogP contribution in [0.15, 0.2) is 0 Å². The number of hydrogen-bond acceptors (Lipinski definition) is 12. The molecule has 0 radical (unpaired) electrons. The predicted octanol–water partition coefficient (Wildman–Crippen LogP) is -1.91. The molecule has 36 heavy (non-hydrogen) atoms. The number of sulfone groups is 3. The zero-order valence-electron chi connectivity index (χ0n) is 19.2. The molecule has 3 rings (SSSR count). The Morgan fingerprint density at radius 1 is 0.611 bits per heavy atom. The number of ether oxygens (including phenoxy) is 3. The van der Waals surface area contributed by atoms with Gasteiger partial charge >= 0.3 is 18.3 Å². The third kappa shape index (κ3) is 9.27. The summed E-state index contributed by atoms with van der Waals surface area (Å²) in [4.78, 5) is 36.3. The topological polar surface area (TPSA) is 217 Å². The van der Waals surface area contributed by atoms with E-state index >= 15 is 0 Å². The van der Waals surface area contributed by atoms with Crippen molar-refractivity contribution < 1.29 is 53.8 Å². The first kappa shape index (κ1) is 28.2. The Morgan fingerprint density at radius 2 is 0.944 bits per heavy atom. The summed E-state index contributed by atoms with van der Waals surface area (Å²) in [7, 11) is -9.74. The first-order chi connectivity index (χ1) is 16.7. The van der Waals surface area contributed by atoms with Crippen LogP contribution in [0, 0.1) is 0 Å². The fraction of sp³-hybridized carbons (Fsp3) is 0.833. The molecule has 3 fully saturated rings. The summed E-state index contributed by atoms with van der Waals surface area (Å²) in [5.41, 5.74) is 0. The zero-order chi connectivity index (χ0) is 26.6. The minimum absolute atomic E-state index is 0.0635. The molecule has 3 amide bonds. The van der Waals surface area contributed by atoms with Crippen LogP contribution in [-0.4, -0.2) is 115 Å². The van der Waals surface area contributed by atoms with Gasteiger partial charge in [-0.3, -0.25) is 0 Å². The van der Waals surface area contributed by atoms with Crippen molar-refractivity contribution in [1.29, 1.82) is 0 Å². The first-order valence-corrected chi connectivity index (χ1v) is 16.6. The molecule has 3 heterocycles. The highest BCUT2D eigenvalue weighted by Crippen LogP contribution is 2.14. The van der Waals surface area contributed by atoms with Crippen molar-refractivity contribution in [2.24, 2.45) is 0 Å². The van der Waals surface area contributed by atoms with Gasteiger partial charge in [-0.05, 0) is 19.3 Å². The van der Waals surface area contributed by atoms with Crippen LogP contribution in [-0.2, 0) is 43.7 Å². The second-order valence-electron chi connectivity index (χ2n) is 8.96. The molecule has 3 unspecified atom stereocenters. The Hall–Kier alpha value is -2.34. The summed E-state index contributed by atoms with van der Waals surface area (Å²) in [5, 5.41) is 7.17. The van der Waals surface area contributed by atoms with Crippen molar-refractivity contribution in [3.05, 3.63) is 0 Å². The molecule has 0 aromatic heterocycles. The molecular formula is C18H29N3O12S3. The lowest BCUT2D eigenvalue weighted by atomic mass is 10.3. The van der Waals surface area contributed by atoms with E-state index in [0.29, 0.717) is 0 Å². The van der Waals surface area contributed by atoms with Crippen molar-refractivity contribution in [3.8, 4) is 0 Å². The summed E-state index contributed by atoms with van der Waals surface area (Å²) in [5.74, 6) is -0.914. The average molecular weight is 576 g/mol. The standard InChI is InChI=1S/C18H29N3O12S3/c22-16(19-12-1-4-34(25,26)9-12)31-7-15(33-18(24)21-14-3-6-36(29,30)11-14)8-32-17(23)20-13-2-5-35(27,28)10-13/h12-15H,1-11H2,(H,19,22)(H,20,23)(H,21,24). The molecular weight excluding hydrogens is 546 g/mol. The van der Waals surface area contributed by atoms with E-state index in [9.17, 15) is 39.6 Å². The van der Waals surface area contributed by atoms with Crippen LogP contribution in [0.3, 0.4) is 0 Å². The molecule has 3 N–H and O–H groups in total. The Morgan fingerprint density at radius 3 is 1.25 bits per heavy atom. The number of nitrogens with one attached hydrogen (secondary N) is 3. The summed E-state index contributed by atoms with van der Waals surface area (Å²) in [6.45, 7) is -1.13. The fourth-order valence-corrected chi connectivity index (χ4v) is 8.97. The predicted molar refractivity (Wildman–Crippen MR) is 124 cm³/mol. The average Bonchev–Trinajstić information content (AvgIpc) is 3.39. The third-order valence-corrected chi connectivity index (χ3v) is 11.0. The van der Waals surface area contributed by atoms with E-state index in [0.717, 1.165) is 0 Å². The summed E-state index contributed by atoms with van der Waals surface area (Å²) in [6, 6.07) is -1.91. The van der Waals surface area contributed by atoms with E-state index in [-0.39, 0.29) is 53.8 Å². The number of carbonyl (C=O) groups excluding carboxylic acids is 3. The summed E-state index contributed by atoms with van der Waals surface area (Å²) in [6.07, 6.45) is -3.58. The van der Waals surface area contributed by atoms with Crippen LogP contribution in [0.5, 0.6) is 0 Å². The van der Waals surface area contributed by atoms with Crippen LogP contribution in [0.25, 0.3) is 0 Å². The highest BCUT2D eigenvalue weighted by molar-refractivity contribution is 7.92. The molecule has 0 aromatic carbocycles. The van der Waals surface area contributed by atoms with Crippen LogP contribution in [0.1, 0.15) is 19.3 Å². The van der Waals surface area contributed by atoms with Crippen molar-refractivity contribution in [2.45, 2.75) is 43.5 Å². The number of hydrogen-bond donors (Lipinski definition) is 3. The van der Waals surface area contributed by atoms with E-state index < -0.39 is 85.2 Å². The van der Waals surface area contributed by atoms with Crippen LogP contribution >= 0.6 is 0 Å². The molecule has 3 atom stereocenters. The number of amides is 3. The minimum Gasteiger partial charge on any atom is -0.445 e. The van der Waals surface area contributed by atoms with Crippen molar-refractivity contribution in [1.82, 2.24) is 16.0 Å². The van der Waals surface area contributed by atoms with Crippen molar-refractivity contribution in [3.63, 3.8) is 0 Å². The van der Waals surface area contributed by atoms with E-state index in [1.165, 1.54) is 0 Å². The maximum atomic E-state index is 12.2. The lowest BCUT2D eigenvalue weighted by Gasteiger charge is -2.21. The van der Waals surface area contributed by atoms with Gasteiger partial charge in [-0.2, -0.15) is 0 Å². The molecule has 3 aliphatic rings. The second-order valence-corrected chi connectivity index (χ2v) is 15.6. The van der Waals surface area contributed by atoms with E-state index in [4.69, 9.17) is 14.2 Å². The number of rotatable bonds is 8. The van der Waals surface area contributed by atoms with Gasteiger partial charge in [0.15, 0.2) is 35.6 Å². The maximum Gasteiger partial charge on any atom is 0.407 e. The number of alkyl carbamates (subject to hydrolysis) is 3. The molecule has 3 saturated heterocycles. The van der Waals surface area contributed by atoms with Crippen LogP contribution in [0.4, 0.5) is 14.4 Å². The second kappa shape index (κ2) is 11.4. The molecule has 18 heteroatoms. The third-order valence-electron chi connectivity index (χ3n) is 5.74. The molecule has 0 bridgehead atoms. The van der Waals surface area contributed by atoms with Gasteiger partial charge < -0.3 is 30.2 Å². The molecule has 0 saturated carbocycles. The van der Waals surface area contributed by atoms with Gasteiger partial charge in [0.25, 0.3) is 0 Å². The van der Waals surface area contributed by atoms with Crippen LogP contribution < -0.4 is 16.0 Å². The Kier molecular flexibility index (Phi) is 8.92. The van der Waals surface area contributed by atoms with Gasteiger partial charge in [-0.25, -0.2) is 39.6 Å². The van der Waals surface area contributed by atoms with Gasteiger partial charge in [-0.1, -0.05) is 0 Å². The quantitative estimate of drug-likeness (QED) is 0.270. The SMILES string of the molecule is O=C(NC1CCS(=O)(=O)C1)OCC(COC(=O)NC1CCS(=O)(=O)C1)OC(=O)NC1CCS(=O)(=O)C1. The monoisotopic (exact) mass is 575 g/mol. The number of carbonyl (C=O) groups is 3. The van der Waals surface area contributed by atoms with Crippen molar-refractivity contribution >= 4 is 47.8 Å². The van der Waals surface area contributed by atoms with Gasteiger partial charge in [-0.15, -0.1) is 0 Å². The Bertz CT molecular complexity index is 1110. The van der Waals surface area contributed by atoms with Gasteiger partial charge in [0, 0.05) is 18.1 Å². The van der Waals surface area contributed by atoms with Crippen molar-refractivity contribution in [2.75, 3.05) is 47.7 Å². The highest BCUT2D eigenvalue weighted by Gasteiger charge is 2.32. The molecule has 3 aliphatic heterocycles. The minimum atomic E-state index is -3.26. The highest BCUT2D eigenvalue weighted by atomic mass is 32.2. The first-order valence-electron chi connectivity index (χ1n) is 11.2. The molecule has 206 valence electrons. The fourth-order valence-electron chi connectivity index (χ4n) is 3.95.